The van der Waals surface area contributed by atoms with Crippen molar-refractivity contribution in [1.29, 1.82) is 0 Å². The van der Waals surface area contributed by atoms with Gasteiger partial charge in [-0.25, -0.2) is 0 Å². The molecule has 74 valence electrons. The van der Waals surface area contributed by atoms with Gasteiger partial charge in [0, 0.05) is 26.4 Å². The van der Waals surface area contributed by atoms with Crippen molar-refractivity contribution in [2.24, 2.45) is 0 Å². The monoisotopic (exact) mass is 176 g/mol. The van der Waals surface area contributed by atoms with Crippen LogP contribution in [0, 0.1) is 0 Å². The second-order valence-corrected chi connectivity index (χ2v) is 2.42. The highest BCUT2D eigenvalue weighted by Crippen LogP contribution is 1.91. The summed E-state index contributed by atoms with van der Waals surface area (Å²) in [6, 6.07) is 0. The minimum absolute atomic E-state index is 0.422. The first-order chi connectivity index (χ1) is 5.91. The predicted molar refractivity (Wildman–Crippen MR) is 48.2 cm³/mol. The standard InChI is InChI=1S/C9H20O3/c1-3-10-7-5-6-8-12-9-11-4-2/h3-9H2,1-2H3. The van der Waals surface area contributed by atoms with Crippen LogP contribution in [0.2, 0.25) is 0 Å². The summed E-state index contributed by atoms with van der Waals surface area (Å²) < 4.78 is 15.4. The second kappa shape index (κ2) is 10.9. The molecule has 0 bridgehead atoms. The van der Waals surface area contributed by atoms with Crippen LogP contribution in [0.5, 0.6) is 0 Å². The van der Waals surface area contributed by atoms with Gasteiger partial charge in [-0.05, 0) is 26.7 Å². The van der Waals surface area contributed by atoms with Gasteiger partial charge in [-0.15, -0.1) is 0 Å². The van der Waals surface area contributed by atoms with Gasteiger partial charge >= 0.3 is 0 Å². The molecule has 0 fully saturated rings. The van der Waals surface area contributed by atoms with Gasteiger partial charge in [0.05, 0.1) is 0 Å². The summed E-state index contributed by atoms with van der Waals surface area (Å²) in [5, 5.41) is 0. The van der Waals surface area contributed by atoms with Gasteiger partial charge in [0.1, 0.15) is 6.79 Å². The maximum Gasteiger partial charge on any atom is 0.146 e. The molecule has 0 aliphatic heterocycles. The second-order valence-electron chi connectivity index (χ2n) is 2.42. The SMILES string of the molecule is CCOCCCCOCOCC. The van der Waals surface area contributed by atoms with Crippen molar-refractivity contribution in [2.75, 3.05) is 33.2 Å². The fourth-order valence-corrected chi connectivity index (χ4v) is 0.754. The fourth-order valence-electron chi connectivity index (χ4n) is 0.754. The average Bonchev–Trinajstić information content (AvgIpc) is 2.10. The Morgan fingerprint density at radius 3 is 1.92 bits per heavy atom. The summed E-state index contributed by atoms with van der Waals surface area (Å²) in [6.07, 6.45) is 2.12. The van der Waals surface area contributed by atoms with Gasteiger partial charge in [-0.1, -0.05) is 0 Å². The molecule has 0 aromatic heterocycles. The molecule has 0 rings (SSSR count). The Kier molecular flexibility index (Phi) is 10.8. The van der Waals surface area contributed by atoms with E-state index < -0.39 is 0 Å². The number of ether oxygens (including phenoxy) is 3. The van der Waals surface area contributed by atoms with E-state index in [1.54, 1.807) is 0 Å². The normalized spacial score (nSPS) is 10.5. The Hall–Kier alpha value is -0.120. The van der Waals surface area contributed by atoms with Crippen LogP contribution in [-0.2, 0) is 14.2 Å². The van der Waals surface area contributed by atoms with E-state index in [2.05, 4.69) is 0 Å². The van der Waals surface area contributed by atoms with E-state index in [4.69, 9.17) is 14.2 Å². The molecule has 0 aliphatic carbocycles. The quantitative estimate of drug-likeness (QED) is 0.396. The predicted octanol–water partition coefficient (Wildman–Crippen LogP) is 1.81. The number of hydrogen-bond acceptors (Lipinski definition) is 3. The third-order valence-corrected chi connectivity index (χ3v) is 1.40. The van der Waals surface area contributed by atoms with E-state index in [1.807, 2.05) is 13.8 Å². The summed E-state index contributed by atoms with van der Waals surface area (Å²) in [5.41, 5.74) is 0. The Bertz CT molecular complexity index is 66.2. The van der Waals surface area contributed by atoms with E-state index in [0.717, 1.165) is 39.3 Å². The van der Waals surface area contributed by atoms with Crippen molar-refractivity contribution in [3.05, 3.63) is 0 Å². The molecule has 0 amide bonds. The average molecular weight is 176 g/mol. The highest BCUT2D eigenvalue weighted by Gasteiger charge is 1.89. The first-order valence-electron chi connectivity index (χ1n) is 4.65. The summed E-state index contributed by atoms with van der Waals surface area (Å²) in [4.78, 5) is 0. The summed E-state index contributed by atoms with van der Waals surface area (Å²) in [6.45, 7) is 7.52. The van der Waals surface area contributed by atoms with Gasteiger partial charge in [-0.3, -0.25) is 0 Å². The Labute approximate surface area is 75.0 Å². The minimum atomic E-state index is 0.422. The third-order valence-electron chi connectivity index (χ3n) is 1.40. The zero-order valence-electron chi connectivity index (χ0n) is 8.17. The molecule has 12 heavy (non-hydrogen) atoms. The van der Waals surface area contributed by atoms with E-state index in [-0.39, 0.29) is 0 Å². The number of unbranched alkanes of at least 4 members (excludes halogenated alkanes) is 1. The van der Waals surface area contributed by atoms with Crippen molar-refractivity contribution in [3.63, 3.8) is 0 Å². The van der Waals surface area contributed by atoms with E-state index >= 15 is 0 Å². The van der Waals surface area contributed by atoms with Gasteiger partial charge in [-0.2, -0.15) is 0 Å². The van der Waals surface area contributed by atoms with Gasteiger partial charge in [0.25, 0.3) is 0 Å². The van der Waals surface area contributed by atoms with Crippen molar-refractivity contribution < 1.29 is 14.2 Å². The molecule has 0 heterocycles. The van der Waals surface area contributed by atoms with Crippen molar-refractivity contribution in [1.82, 2.24) is 0 Å². The van der Waals surface area contributed by atoms with Crippen LogP contribution in [0.15, 0.2) is 0 Å². The summed E-state index contributed by atoms with van der Waals surface area (Å²) in [5.74, 6) is 0. The lowest BCUT2D eigenvalue weighted by Crippen LogP contribution is -2.02. The molecular weight excluding hydrogens is 156 g/mol. The summed E-state index contributed by atoms with van der Waals surface area (Å²) in [7, 11) is 0. The highest BCUT2D eigenvalue weighted by molar-refractivity contribution is 4.36. The number of rotatable bonds is 9. The molecule has 3 heteroatoms. The van der Waals surface area contributed by atoms with Crippen LogP contribution in [0.3, 0.4) is 0 Å². The topological polar surface area (TPSA) is 27.7 Å². The molecule has 0 unspecified atom stereocenters. The summed E-state index contributed by atoms with van der Waals surface area (Å²) >= 11 is 0. The third kappa shape index (κ3) is 9.88. The van der Waals surface area contributed by atoms with E-state index in [1.165, 1.54) is 0 Å². The minimum Gasteiger partial charge on any atom is -0.382 e. The Morgan fingerprint density at radius 1 is 0.750 bits per heavy atom. The Balaban J connectivity index is 2.73. The lowest BCUT2D eigenvalue weighted by atomic mass is 10.3. The van der Waals surface area contributed by atoms with Gasteiger partial charge < -0.3 is 14.2 Å². The zero-order chi connectivity index (χ0) is 9.07. The van der Waals surface area contributed by atoms with Crippen molar-refractivity contribution in [3.8, 4) is 0 Å². The molecule has 0 spiro atoms. The van der Waals surface area contributed by atoms with Gasteiger partial charge in [0.15, 0.2) is 0 Å². The first kappa shape index (κ1) is 11.9. The van der Waals surface area contributed by atoms with Crippen molar-refractivity contribution in [2.45, 2.75) is 26.7 Å². The molecule has 0 aliphatic rings. The molecule has 0 radical (unpaired) electrons. The zero-order valence-corrected chi connectivity index (χ0v) is 8.17. The molecule has 0 atom stereocenters. The lowest BCUT2D eigenvalue weighted by Gasteiger charge is -2.03. The lowest BCUT2D eigenvalue weighted by molar-refractivity contribution is -0.0511. The van der Waals surface area contributed by atoms with Crippen LogP contribution in [-0.4, -0.2) is 33.2 Å². The molecule has 0 saturated carbocycles. The molecule has 0 N–H and O–H groups in total. The van der Waals surface area contributed by atoms with E-state index in [9.17, 15) is 0 Å². The molecular formula is C9H20O3. The van der Waals surface area contributed by atoms with Gasteiger partial charge in [0.2, 0.25) is 0 Å². The largest absolute Gasteiger partial charge is 0.382 e. The molecule has 0 saturated heterocycles. The van der Waals surface area contributed by atoms with Crippen LogP contribution in [0.1, 0.15) is 26.7 Å². The first-order valence-corrected chi connectivity index (χ1v) is 4.65. The highest BCUT2D eigenvalue weighted by atomic mass is 16.7. The van der Waals surface area contributed by atoms with Crippen LogP contribution in [0.25, 0.3) is 0 Å². The van der Waals surface area contributed by atoms with E-state index in [0.29, 0.717) is 6.79 Å². The van der Waals surface area contributed by atoms with Crippen molar-refractivity contribution >= 4 is 0 Å². The maximum atomic E-state index is 5.18. The fraction of sp³-hybridized carbons (Fsp3) is 1.00. The van der Waals surface area contributed by atoms with Crippen LogP contribution in [0.4, 0.5) is 0 Å². The number of hydrogen-bond donors (Lipinski definition) is 0. The van der Waals surface area contributed by atoms with Crippen LogP contribution >= 0.6 is 0 Å². The molecule has 3 nitrogen and oxygen atoms in total. The van der Waals surface area contributed by atoms with Crippen LogP contribution < -0.4 is 0 Å². The smallest absolute Gasteiger partial charge is 0.146 e. The Morgan fingerprint density at radius 2 is 1.33 bits per heavy atom. The maximum absolute atomic E-state index is 5.18. The molecule has 0 aromatic carbocycles. The molecule has 0 aromatic rings.